The van der Waals surface area contributed by atoms with E-state index in [2.05, 4.69) is 22.9 Å². The molecule has 0 saturated carbocycles. The smallest absolute Gasteiger partial charge is 0.222 e. The van der Waals surface area contributed by atoms with Gasteiger partial charge in [0.25, 0.3) is 0 Å². The number of piperidine rings is 1. The molecule has 2 fully saturated rings. The summed E-state index contributed by atoms with van der Waals surface area (Å²) in [7, 11) is 2.12. The maximum absolute atomic E-state index is 12.4. The molecule has 0 N–H and O–H groups in total. The van der Waals surface area contributed by atoms with Crippen LogP contribution >= 0.6 is 11.3 Å². The Morgan fingerprint density at radius 1 is 1.25 bits per heavy atom. The average Bonchev–Trinajstić information content (AvgIpc) is 3.05. The van der Waals surface area contributed by atoms with Gasteiger partial charge in [0.2, 0.25) is 5.91 Å². The number of amides is 1. The van der Waals surface area contributed by atoms with Crippen LogP contribution in [0.25, 0.3) is 0 Å². The molecule has 0 bridgehead atoms. The Bertz CT molecular complexity index is 592. The summed E-state index contributed by atoms with van der Waals surface area (Å²) in [5.74, 6) is 0.880. The molecule has 0 unspecified atom stereocenters. The Hall–Kier alpha value is -1.42. The first-order chi connectivity index (χ1) is 11.6. The lowest BCUT2D eigenvalue weighted by Crippen LogP contribution is -2.47. The zero-order chi connectivity index (χ0) is 16.9. The fraction of sp³-hybridized carbons (Fsp3) is 0.667. The van der Waals surface area contributed by atoms with Gasteiger partial charge in [0.05, 0.1) is 5.56 Å². The highest BCUT2D eigenvalue weighted by molar-refractivity contribution is 7.10. The number of hydrogen-bond acceptors (Lipinski definition) is 5. The standard InChI is InChI=1S/C18H26N4OS/c1-20-6-8-22(9-7-20)18(23)11-15-2-4-21(5-3-15)13-17-10-16(12-19)14-24-17/h10,14-15H,2-9,11,13H2,1H3. The van der Waals surface area contributed by atoms with E-state index in [1.54, 1.807) is 11.3 Å². The highest BCUT2D eigenvalue weighted by atomic mass is 32.1. The number of thiophene rings is 1. The second kappa shape index (κ2) is 8.11. The fourth-order valence-electron chi connectivity index (χ4n) is 3.52. The first-order valence-electron chi connectivity index (χ1n) is 8.80. The van der Waals surface area contributed by atoms with Gasteiger partial charge in [0, 0.05) is 49.4 Å². The van der Waals surface area contributed by atoms with Gasteiger partial charge in [-0.2, -0.15) is 5.26 Å². The Morgan fingerprint density at radius 2 is 1.96 bits per heavy atom. The zero-order valence-corrected chi connectivity index (χ0v) is 15.2. The highest BCUT2D eigenvalue weighted by Crippen LogP contribution is 2.24. The van der Waals surface area contributed by atoms with Crippen molar-refractivity contribution in [3.05, 3.63) is 21.9 Å². The summed E-state index contributed by atoms with van der Waals surface area (Å²) >= 11 is 1.67. The minimum Gasteiger partial charge on any atom is -0.340 e. The molecule has 5 nitrogen and oxygen atoms in total. The number of carbonyl (C=O) groups excluding carboxylic acids is 1. The van der Waals surface area contributed by atoms with Gasteiger partial charge in [0.1, 0.15) is 6.07 Å². The SMILES string of the molecule is CN1CCN(C(=O)CC2CCN(Cc3cc(C#N)cs3)CC2)CC1. The summed E-state index contributed by atoms with van der Waals surface area (Å²) in [6.07, 6.45) is 2.93. The van der Waals surface area contributed by atoms with Crippen LogP contribution in [0.3, 0.4) is 0 Å². The highest BCUT2D eigenvalue weighted by Gasteiger charge is 2.25. The van der Waals surface area contributed by atoms with Gasteiger partial charge in [-0.3, -0.25) is 9.69 Å². The molecule has 2 saturated heterocycles. The van der Waals surface area contributed by atoms with E-state index in [1.165, 1.54) is 4.88 Å². The van der Waals surface area contributed by atoms with E-state index >= 15 is 0 Å². The second-order valence-corrected chi connectivity index (χ2v) is 8.02. The summed E-state index contributed by atoms with van der Waals surface area (Å²) < 4.78 is 0. The van der Waals surface area contributed by atoms with Crippen molar-refractivity contribution >= 4 is 17.2 Å². The first kappa shape index (κ1) is 17.4. The van der Waals surface area contributed by atoms with E-state index in [9.17, 15) is 4.79 Å². The van der Waals surface area contributed by atoms with Gasteiger partial charge < -0.3 is 9.80 Å². The Balaban J connectivity index is 1.40. The van der Waals surface area contributed by atoms with Crippen molar-refractivity contribution < 1.29 is 4.79 Å². The van der Waals surface area contributed by atoms with Gasteiger partial charge in [-0.15, -0.1) is 11.3 Å². The quantitative estimate of drug-likeness (QED) is 0.837. The predicted molar refractivity (Wildman–Crippen MR) is 95.7 cm³/mol. The zero-order valence-electron chi connectivity index (χ0n) is 14.4. The molecule has 2 aliphatic rings. The van der Waals surface area contributed by atoms with Crippen LogP contribution in [-0.2, 0) is 11.3 Å². The van der Waals surface area contributed by atoms with E-state index < -0.39 is 0 Å². The Labute approximate surface area is 148 Å². The maximum Gasteiger partial charge on any atom is 0.222 e. The van der Waals surface area contributed by atoms with Crippen LogP contribution < -0.4 is 0 Å². The van der Waals surface area contributed by atoms with Crippen molar-refractivity contribution in [2.45, 2.75) is 25.8 Å². The van der Waals surface area contributed by atoms with Crippen molar-refractivity contribution in [3.63, 3.8) is 0 Å². The van der Waals surface area contributed by atoms with E-state index in [0.29, 0.717) is 11.8 Å². The van der Waals surface area contributed by atoms with Crippen LogP contribution in [0.1, 0.15) is 29.7 Å². The third kappa shape index (κ3) is 4.56. The van der Waals surface area contributed by atoms with Crippen molar-refractivity contribution in [1.82, 2.24) is 14.7 Å². The number of likely N-dealkylation sites (tertiary alicyclic amines) is 1. The number of piperazine rings is 1. The molecule has 130 valence electrons. The Morgan fingerprint density at radius 3 is 2.58 bits per heavy atom. The molecule has 1 amide bonds. The summed E-state index contributed by atoms with van der Waals surface area (Å²) in [6, 6.07) is 4.19. The van der Waals surface area contributed by atoms with Crippen LogP contribution in [0.4, 0.5) is 0 Å². The lowest BCUT2D eigenvalue weighted by Gasteiger charge is -2.35. The van der Waals surface area contributed by atoms with Crippen molar-refractivity contribution in [1.29, 1.82) is 5.26 Å². The molecule has 3 heterocycles. The third-order valence-electron chi connectivity index (χ3n) is 5.19. The molecular weight excluding hydrogens is 320 g/mol. The average molecular weight is 347 g/mol. The molecule has 1 aromatic heterocycles. The van der Waals surface area contributed by atoms with Gasteiger partial charge in [0.15, 0.2) is 0 Å². The number of nitrogens with zero attached hydrogens (tertiary/aromatic N) is 4. The largest absolute Gasteiger partial charge is 0.340 e. The predicted octanol–water partition coefficient (Wildman–Crippen LogP) is 2.00. The minimum absolute atomic E-state index is 0.346. The number of rotatable bonds is 4. The molecule has 0 radical (unpaired) electrons. The van der Waals surface area contributed by atoms with Crippen LogP contribution in [-0.4, -0.2) is 66.9 Å². The van der Waals surface area contributed by atoms with Crippen LogP contribution in [0.2, 0.25) is 0 Å². The second-order valence-electron chi connectivity index (χ2n) is 7.02. The summed E-state index contributed by atoms with van der Waals surface area (Å²) in [5, 5.41) is 10.8. The van der Waals surface area contributed by atoms with Crippen molar-refractivity contribution in [3.8, 4) is 6.07 Å². The van der Waals surface area contributed by atoms with Crippen molar-refractivity contribution in [2.75, 3.05) is 46.3 Å². The van der Waals surface area contributed by atoms with Crippen LogP contribution in [0.15, 0.2) is 11.4 Å². The normalized spacial score (nSPS) is 20.9. The molecule has 1 aromatic rings. The summed E-state index contributed by atoms with van der Waals surface area (Å²) in [6.45, 7) is 6.80. The maximum atomic E-state index is 12.4. The number of carbonyl (C=O) groups is 1. The van der Waals surface area contributed by atoms with Gasteiger partial charge in [-0.1, -0.05) is 0 Å². The molecule has 0 atom stereocenters. The molecule has 0 aliphatic carbocycles. The first-order valence-corrected chi connectivity index (χ1v) is 9.68. The van der Waals surface area contributed by atoms with E-state index in [0.717, 1.165) is 70.6 Å². The number of hydrogen-bond donors (Lipinski definition) is 0. The third-order valence-corrected chi connectivity index (χ3v) is 6.11. The fourth-order valence-corrected chi connectivity index (χ4v) is 4.37. The molecule has 0 aromatic carbocycles. The minimum atomic E-state index is 0.346. The number of nitriles is 1. The van der Waals surface area contributed by atoms with Gasteiger partial charge in [-0.25, -0.2) is 0 Å². The summed E-state index contributed by atoms with van der Waals surface area (Å²) in [4.78, 5) is 20.5. The van der Waals surface area contributed by atoms with Crippen LogP contribution in [0.5, 0.6) is 0 Å². The van der Waals surface area contributed by atoms with Gasteiger partial charge >= 0.3 is 0 Å². The summed E-state index contributed by atoms with van der Waals surface area (Å²) in [5.41, 5.74) is 0.766. The van der Waals surface area contributed by atoms with Crippen LogP contribution in [0, 0.1) is 17.2 Å². The van der Waals surface area contributed by atoms with E-state index in [1.807, 2.05) is 16.3 Å². The molecular formula is C18H26N4OS. The van der Waals surface area contributed by atoms with E-state index in [4.69, 9.17) is 5.26 Å². The monoisotopic (exact) mass is 346 g/mol. The molecule has 6 heteroatoms. The molecule has 0 spiro atoms. The lowest BCUT2D eigenvalue weighted by atomic mass is 9.93. The van der Waals surface area contributed by atoms with Gasteiger partial charge in [-0.05, 0) is 45.0 Å². The molecule has 3 rings (SSSR count). The lowest BCUT2D eigenvalue weighted by molar-refractivity contribution is -0.134. The topological polar surface area (TPSA) is 50.6 Å². The molecule has 2 aliphatic heterocycles. The molecule has 24 heavy (non-hydrogen) atoms. The van der Waals surface area contributed by atoms with Crippen molar-refractivity contribution in [2.24, 2.45) is 5.92 Å². The van der Waals surface area contributed by atoms with E-state index in [-0.39, 0.29) is 0 Å². The number of likely N-dealkylation sites (N-methyl/N-ethyl adjacent to an activating group) is 1. The Kier molecular flexibility index (Phi) is 5.88.